The van der Waals surface area contributed by atoms with Gasteiger partial charge < -0.3 is 4.43 Å². The lowest BCUT2D eigenvalue weighted by Gasteiger charge is -2.31. The van der Waals surface area contributed by atoms with Gasteiger partial charge >= 0.3 is 0 Å². The van der Waals surface area contributed by atoms with E-state index in [0.29, 0.717) is 0 Å². The van der Waals surface area contributed by atoms with Crippen LogP contribution < -0.4 is 0 Å². The van der Waals surface area contributed by atoms with E-state index >= 15 is 0 Å². The third kappa shape index (κ3) is 2.28. The maximum absolute atomic E-state index is 6.11. The molecule has 0 aromatic carbocycles. The fraction of sp³-hybridized carbons (Fsp3) is 1.00. The summed E-state index contributed by atoms with van der Waals surface area (Å²) in [6.45, 7) is 8.33. The smallest absolute Gasteiger partial charge is 0.292 e. The molecule has 0 spiro atoms. The molecule has 3 heteroatoms. The Hall–Kier alpha value is 0.467. The van der Waals surface area contributed by atoms with Crippen LogP contribution >= 0.6 is 11.1 Å². The van der Waals surface area contributed by atoms with Gasteiger partial charge in [-0.15, -0.1) is 11.1 Å². The zero-order valence-corrected chi connectivity index (χ0v) is 8.54. The first kappa shape index (κ1) is 9.47. The molecule has 0 aliphatic carbocycles. The summed E-state index contributed by atoms with van der Waals surface area (Å²) in [5.41, 5.74) is 0. The standard InChI is InChI=1S/C6H15ClOSi/c1-6(2,3)9(5,7)8-4/h1-5H3. The molecule has 0 rings (SSSR count). The van der Waals surface area contributed by atoms with Gasteiger partial charge in [-0.05, 0) is 11.6 Å². The van der Waals surface area contributed by atoms with Crippen molar-refractivity contribution in [1.29, 1.82) is 0 Å². The molecule has 1 unspecified atom stereocenters. The van der Waals surface area contributed by atoms with E-state index in [4.69, 9.17) is 15.5 Å². The quantitative estimate of drug-likeness (QED) is 0.430. The molecule has 1 atom stereocenters. The van der Waals surface area contributed by atoms with Gasteiger partial charge in [0.05, 0.1) is 0 Å². The lowest BCUT2D eigenvalue weighted by Crippen LogP contribution is -2.36. The highest BCUT2D eigenvalue weighted by Crippen LogP contribution is 2.38. The summed E-state index contributed by atoms with van der Waals surface area (Å²) in [6, 6.07) is 0. The molecule has 0 radical (unpaired) electrons. The second-order valence-electron chi connectivity index (χ2n) is 3.37. The van der Waals surface area contributed by atoms with Crippen LogP contribution in [-0.2, 0) is 4.43 Å². The van der Waals surface area contributed by atoms with Crippen LogP contribution in [-0.4, -0.2) is 14.7 Å². The van der Waals surface area contributed by atoms with E-state index in [2.05, 4.69) is 20.8 Å². The lowest BCUT2D eigenvalue weighted by molar-refractivity contribution is 0.387. The molecule has 0 bridgehead atoms. The van der Waals surface area contributed by atoms with Crippen LogP contribution in [0.4, 0.5) is 0 Å². The van der Waals surface area contributed by atoms with E-state index < -0.39 is 7.63 Å². The molecule has 0 heterocycles. The molecule has 0 fully saturated rings. The summed E-state index contributed by atoms with van der Waals surface area (Å²) >= 11 is 6.11. The fourth-order valence-electron chi connectivity index (χ4n) is 0.306. The Balaban J connectivity index is 4.14. The van der Waals surface area contributed by atoms with Gasteiger partial charge in [-0.25, -0.2) is 0 Å². The molecule has 56 valence electrons. The zero-order chi connectivity index (χ0) is 7.71. The van der Waals surface area contributed by atoms with Gasteiger partial charge in [-0.3, -0.25) is 0 Å². The minimum atomic E-state index is -1.91. The number of hydrogen-bond acceptors (Lipinski definition) is 1. The summed E-state index contributed by atoms with van der Waals surface area (Å²) < 4.78 is 5.21. The first-order valence-electron chi connectivity index (χ1n) is 3.05. The normalized spacial score (nSPS) is 19.3. The first-order chi connectivity index (χ1) is 3.81. The molecular weight excluding hydrogens is 152 g/mol. The van der Waals surface area contributed by atoms with Crippen LogP contribution in [0.3, 0.4) is 0 Å². The van der Waals surface area contributed by atoms with Gasteiger partial charge in [-0.2, -0.15) is 0 Å². The molecule has 0 aromatic heterocycles. The number of halogens is 1. The predicted octanol–water partition coefficient (Wildman–Crippen LogP) is 2.74. The molecule has 0 N–H and O–H groups in total. The molecule has 9 heavy (non-hydrogen) atoms. The lowest BCUT2D eigenvalue weighted by atomic mass is 10.3. The molecular formula is C6H15ClOSi. The molecule has 0 aromatic rings. The average Bonchev–Trinajstić information content (AvgIpc) is 1.64. The summed E-state index contributed by atoms with van der Waals surface area (Å²) in [6.07, 6.45) is 0. The topological polar surface area (TPSA) is 9.23 Å². The maximum atomic E-state index is 6.11. The Morgan fingerprint density at radius 1 is 1.33 bits per heavy atom. The van der Waals surface area contributed by atoms with Crippen LogP contribution in [0.25, 0.3) is 0 Å². The minimum absolute atomic E-state index is 0.128. The largest absolute Gasteiger partial charge is 0.406 e. The first-order valence-corrected chi connectivity index (χ1v) is 6.47. The van der Waals surface area contributed by atoms with Crippen LogP contribution in [0.15, 0.2) is 0 Å². The molecule has 0 aliphatic heterocycles. The zero-order valence-electron chi connectivity index (χ0n) is 6.79. The van der Waals surface area contributed by atoms with Crippen molar-refractivity contribution in [2.75, 3.05) is 7.11 Å². The third-order valence-electron chi connectivity index (χ3n) is 1.72. The van der Waals surface area contributed by atoms with E-state index in [9.17, 15) is 0 Å². The van der Waals surface area contributed by atoms with Crippen LogP contribution in [0.2, 0.25) is 11.6 Å². The Labute approximate surface area is 63.2 Å². The van der Waals surface area contributed by atoms with Gasteiger partial charge in [0.1, 0.15) is 0 Å². The van der Waals surface area contributed by atoms with Gasteiger partial charge in [0, 0.05) is 7.11 Å². The van der Waals surface area contributed by atoms with Crippen molar-refractivity contribution in [3.05, 3.63) is 0 Å². The van der Waals surface area contributed by atoms with Gasteiger partial charge in [-0.1, -0.05) is 20.8 Å². The van der Waals surface area contributed by atoms with Gasteiger partial charge in [0.15, 0.2) is 0 Å². The Bertz CT molecular complexity index is 95.7. The molecule has 0 saturated heterocycles. The maximum Gasteiger partial charge on any atom is 0.292 e. The third-order valence-corrected chi connectivity index (χ3v) is 7.33. The minimum Gasteiger partial charge on any atom is -0.406 e. The molecule has 0 saturated carbocycles. The van der Waals surface area contributed by atoms with Crippen LogP contribution in [0.1, 0.15) is 20.8 Å². The van der Waals surface area contributed by atoms with Crippen molar-refractivity contribution < 1.29 is 4.43 Å². The molecule has 1 nitrogen and oxygen atoms in total. The monoisotopic (exact) mass is 166 g/mol. The average molecular weight is 167 g/mol. The highest BCUT2D eigenvalue weighted by atomic mass is 35.6. The Morgan fingerprint density at radius 2 is 1.67 bits per heavy atom. The van der Waals surface area contributed by atoms with Gasteiger partial charge in [0.25, 0.3) is 7.63 Å². The fourth-order valence-corrected chi connectivity index (χ4v) is 0.919. The SMILES string of the molecule is CO[Si](C)(Cl)C(C)(C)C. The summed E-state index contributed by atoms with van der Waals surface area (Å²) in [5.74, 6) is 0. The molecule has 0 amide bonds. The van der Waals surface area contributed by atoms with Crippen LogP contribution in [0, 0.1) is 0 Å². The van der Waals surface area contributed by atoms with E-state index in [1.54, 1.807) is 7.11 Å². The summed E-state index contributed by atoms with van der Waals surface area (Å²) in [5, 5.41) is 0.128. The van der Waals surface area contributed by atoms with E-state index in [1.165, 1.54) is 0 Å². The Kier molecular flexibility index (Phi) is 2.74. The number of rotatable bonds is 1. The van der Waals surface area contributed by atoms with Gasteiger partial charge in [0.2, 0.25) is 0 Å². The predicted molar refractivity (Wildman–Crippen MR) is 44.2 cm³/mol. The van der Waals surface area contributed by atoms with Crippen molar-refractivity contribution in [2.45, 2.75) is 32.4 Å². The Morgan fingerprint density at radius 3 is 1.67 bits per heavy atom. The van der Waals surface area contributed by atoms with Crippen LogP contribution in [0.5, 0.6) is 0 Å². The summed E-state index contributed by atoms with van der Waals surface area (Å²) in [4.78, 5) is 0. The highest BCUT2D eigenvalue weighted by molar-refractivity contribution is 7.17. The van der Waals surface area contributed by atoms with E-state index in [1.807, 2.05) is 6.55 Å². The van der Waals surface area contributed by atoms with E-state index in [0.717, 1.165) is 0 Å². The number of hydrogen-bond donors (Lipinski definition) is 0. The van der Waals surface area contributed by atoms with Crippen molar-refractivity contribution in [3.8, 4) is 0 Å². The second kappa shape index (κ2) is 2.60. The van der Waals surface area contributed by atoms with Crippen molar-refractivity contribution in [3.63, 3.8) is 0 Å². The van der Waals surface area contributed by atoms with Crippen molar-refractivity contribution >= 4 is 18.7 Å². The summed E-state index contributed by atoms with van der Waals surface area (Å²) in [7, 11) is -0.222. The second-order valence-corrected chi connectivity index (χ2v) is 9.28. The molecule has 0 aliphatic rings. The highest BCUT2D eigenvalue weighted by Gasteiger charge is 2.39. The van der Waals surface area contributed by atoms with E-state index in [-0.39, 0.29) is 5.04 Å². The van der Waals surface area contributed by atoms with Crippen molar-refractivity contribution in [1.82, 2.24) is 0 Å². The van der Waals surface area contributed by atoms with Crippen molar-refractivity contribution in [2.24, 2.45) is 0 Å².